The number of hydrogen-bond acceptors (Lipinski definition) is 3. The van der Waals surface area contributed by atoms with Crippen molar-refractivity contribution < 1.29 is 9.84 Å². The Morgan fingerprint density at radius 2 is 2.40 bits per heavy atom. The fraction of sp³-hybridized carbons (Fsp3) is 0.500. The van der Waals surface area contributed by atoms with E-state index in [1.54, 1.807) is 0 Å². The first-order valence-electron chi connectivity index (χ1n) is 5.47. The third-order valence-electron chi connectivity index (χ3n) is 2.53. The maximum atomic E-state index is 9.52. The number of nitrogens with one attached hydrogen (secondary N) is 1. The Morgan fingerprint density at radius 3 is 3.20 bits per heavy atom. The molecule has 0 aliphatic carbocycles. The van der Waals surface area contributed by atoms with Crippen molar-refractivity contribution in [2.24, 2.45) is 0 Å². The number of fused-ring (bicyclic) bond motifs is 1. The predicted molar refractivity (Wildman–Crippen MR) is 60.4 cm³/mol. The predicted octanol–water partition coefficient (Wildman–Crippen LogP) is 1.80. The highest BCUT2D eigenvalue weighted by Crippen LogP contribution is 2.26. The second-order valence-corrected chi connectivity index (χ2v) is 3.91. The zero-order chi connectivity index (χ0) is 10.7. The first-order valence-corrected chi connectivity index (χ1v) is 5.47. The molecule has 0 saturated carbocycles. The minimum atomic E-state index is -0.279. The van der Waals surface area contributed by atoms with Gasteiger partial charge in [0.15, 0.2) is 0 Å². The summed E-state index contributed by atoms with van der Waals surface area (Å²) in [6.07, 6.45) is 1.45. The maximum Gasteiger partial charge on any atom is 0.119 e. The smallest absolute Gasteiger partial charge is 0.119 e. The average molecular weight is 207 g/mol. The summed E-state index contributed by atoms with van der Waals surface area (Å²) in [5, 5.41) is 12.7. The van der Waals surface area contributed by atoms with Crippen LogP contribution in [0.5, 0.6) is 5.75 Å². The quantitative estimate of drug-likeness (QED) is 0.794. The van der Waals surface area contributed by atoms with Crippen LogP contribution in [-0.4, -0.2) is 24.4 Å². The molecule has 0 fully saturated rings. The van der Waals surface area contributed by atoms with E-state index in [1.807, 2.05) is 18.2 Å². The van der Waals surface area contributed by atoms with Crippen LogP contribution in [0.3, 0.4) is 0 Å². The molecule has 1 atom stereocenters. The van der Waals surface area contributed by atoms with Crippen LogP contribution < -0.4 is 10.1 Å². The normalized spacial score (nSPS) is 19.2. The molecule has 0 spiro atoms. The minimum Gasteiger partial charge on any atom is -0.494 e. The first kappa shape index (κ1) is 10.3. The Labute approximate surface area is 90.1 Å². The van der Waals surface area contributed by atoms with Crippen molar-refractivity contribution in [3.63, 3.8) is 0 Å². The molecule has 0 bridgehead atoms. The lowest BCUT2D eigenvalue weighted by molar-refractivity contribution is 0.184. The Morgan fingerprint density at radius 1 is 1.53 bits per heavy atom. The summed E-state index contributed by atoms with van der Waals surface area (Å²) < 4.78 is 5.55. The van der Waals surface area contributed by atoms with E-state index in [4.69, 9.17) is 4.74 Å². The number of ether oxygens (including phenoxy) is 1. The van der Waals surface area contributed by atoms with Gasteiger partial charge in [0.2, 0.25) is 0 Å². The van der Waals surface area contributed by atoms with Gasteiger partial charge in [-0.15, -0.1) is 0 Å². The number of anilines is 1. The highest BCUT2D eigenvalue weighted by atomic mass is 16.5. The summed E-state index contributed by atoms with van der Waals surface area (Å²) in [4.78, 5) is 0. The summed E-state index contributed by atoms with van der Waals surface area (Å²) in [5.41, 5.74) is 2.26. The fourth-order valence-corrected chi connectivity index (χ4v) is 1.77. The number of aliphatic hydroxyl groups is 1. The molecule has 3 heteroatoms. The van der Waals surface area contributed by atoms with E-state index < -0.39 is 0 Å². The van der Waals surface area contributed by atoms with Crippen LogP contribution >= 0.6 is 0 Å². The van der Waals surface area contributed by atoms with Crippen LogP contribution in [0.4, 0.5) is 5.69 Å². The standard InChI is InChI=1S/C12H17NO2/c1-2-5-15-11-3-4-12-9(7-11)6-10(14)8-13-12/h3-4,7,10,13-14H,2,5-6,8H2,1H3. The maximum absolute atomic E-state index is 9.52. The Hall–Kier alpha value is -1.22. The minimum absolute atomic E-state index is 0.279. The topological polar surface area (TPSA) is 41.5 Å². The van der Waals surface area contributed by atoms with Gasteiger partial charge in [0, 0.05) is 18.7 Å². The van der Waals surface area contributed by atoms with Crippen LogP contribution in [-0.2, 0) is 6.42 Å². The van der Waals surface area contributed by atoms with Crippen LogP contribution in [0.15, 0.2) is 18.2 Å². The highest BCUT2D eigenvalue weighted by Gasteiger charge is 2.15. The van der Waals surface area contributed by atoms with Gasteiger partial charge in [-0.1, -0.05) is 6.92 Å². The van der Waals surface area contributed by atoms with Crippen molar-refractivity contribution in [1.29, 1.82) is 0 Å². The molecule has 0 saturated heterocycles. The molecule has 1 aliphatic rings. The molecule has 0 amide bonds. The molecule has 2 N–H and O–H groups in total. The number of hydrogen-bond donors (Lipinski definition) is 2. The molecule has 1 unspecified atom stereocenters. The lowest BCUT2D eigenvalue weighted by atomic mass is 10.0. The fourth-order valence-electron chi connectivity index (χ4n) is 1.77. The van der Waals surface area contributed by atoms with Gasteiger partial charge in [0.25, 0.3) is 0 Å². The Bertz CT molecular complexity index is 338. The number of rotatable bonds is 3. The molecular formula is C12H17NO2. The number of benzene rings is 1. The largest absolute Gasteiger partial charge is 0.494 e. The van der Waals surface area contributed by atoms with Crippen LogP contribution in [0.25, 0.3) is 0 Å². The van der Waals surface area contributed by atoms with E-state index in [-0.39, 0.29) is 6.10 Å². The lowest BCUT2D eigenvalue weighted by Crippen LogP contribution is -2.27. The van der Waals surface area contributed by atoms with Crippen LogP contribution in [0, 0.1) is 0 Å². The molecular weight excluding hydrogens is 190 g/mol. The lowest BCUT2D eigenvalue weighted by Gasteiger charge is -2.23. The molecule has 0 aromatic heterocycles. The second-order valence-electron chi connectivity index (χ2n) is 3.91. The first-order chi connectivity index (χ1) is 7.29. The molecule has 1 aromatic rings. The van der Waals surface area contributed by atoms with Crippen molar-refractivity contribution in [3.05, 3.63) is 23.8 Å². The molecule has 15 heavy (non-hydrogen) atoms. The number of β-amino-alcohol motifs (C(OH)–C–C–N with tert-alkyl or cyclic N) is 1. The summed E-state index contributed by atoms with van der Waals surface area (Å²) in [6.45, 7) is 3.47. The van der Waals surface area contributed by atoms with Gasteiger partial charge in [0.05, 0.1) is 12.7 Å². The molecule has 1 heterocycles. The molecule has 0 radical (unpaired) electrons. The summed E-state index contributed by atoms with van der Waals surface area (Å²) in [7, 11) is 0. The van der Waals surface area contributed by atoms with Crippen molar-refractivity contribution in [2.45, 2.75) is 25.9 Å². The van der Waals surface area contributed by atoms with Gasteiger partial charge in [-0.05, 0) is 30.2 Å². The van der Waals surface area contributed by atoms with Crippen molar-refractivity contribution in [1.82, 2.24) is 0 Å². The molecule has 1 aliphatic heterocycles. The van der Waals surface area contributed by atoms with Gasteiger partial charge in [0.1, 0.15) is 5.75 Å². The third kappa shape index (κ3) is 2.42. The second kappa shape index (κ2) is 4.53. The van der Waals surface area contributed by atoms with E-state index in [0.717, 1.165) is 30.0 Å². The summed E-state index contributed by atoms with van der Waals surface area (Å²) in [6, 6.07) is 6.01. The van der Waals surface area contributed by atoms with Crippen molar-refractivity contribution in [3.8, 4) is 5.75 Å². The number of aliphatic hydroxyl groups excluding tert-OH is 1. The summed E-state index contributed by atoms with van der Waals surface area (Å²) in [5.74, 6) is 0.895. The third-order valence-corrected chi connectivity index (χ3v) is 2.53. The zero-order valence-electron chi connectivity index (χ0n) is 8.99. The molecule has 2 rings (SSSR count). The Balaban J connectivity index is 2.13. The van der Waals surface area contributed by atoms with Gasteiger partial charge in [-0.25, -0.2) is 0 Å². The summed E-state index contributed by atoms with van der Waals surface area (Å²) >= 11 is 0. The molecule has 1 aromatic carbocycles. The van der Waals surface area contributed by atoms with E-state index in [0.29, 0.717) is 13.0 Å². The van der Waals surface area contributed by atoms with Crippen molar-refractivity contribution >= 4 is 5.69 Å². The SMILES string of the molecule is CCCOc1ccc2c(c1)CC(O)CN2. The van der Waals surface area contributed by atoms with E-state index >= 15 is 0 Å². The van der Waals surface area contributed by atoms with Gasteiger partial charge < -0.3 is 15.2 Å². The Kier molecular flexibility index (Phi) is 3.11. The van der Waals surface area contributed by atoms with Crippen LogP contribution in [0.2, 0.25) is 0 Å². The van der Waals surface area contributed by atoms with E-state index in [2.05, 4.69) is 12.2 Å². The van der Waals surface area contributed by atoms with Crippen molar-refractivity contribution in [2.75, 3.05) is 18.5 Å². The van der Waals surface area contributed by atoms with Gasteiger partial charge in [-0.2, -0.15) is 0 Å². The molecule has 82 valence electrons. The zero-order valence-corrected chi connectivity index (χ0v) is 8.99. The molecule has 3 nitrogen and oxygen atoms in total. The van der Waals surface area contributed by atoms with Crippen LogP contribution in [0.1, 0.15) is 18.9 Å². The van der Waals surface area contributed by atoms with E-state index in [9.17, 15) is 5.11 Å². The monoisotopic (exact) mass is 207 g/mol. The van der Waals surface area contributed by atoms with E-state index in [1.165, 1.54) is 0 Å². The highest BCUT2D eigenvalue weighted by molar-refractivity contribution is 5.56. The van der Waals surface area contributed by atoms with Gasteiger partial charge >= 0.3 is 0 Å². The average Bonchev–Trinajstić information content (AvgIpc) is 2.25. The van der Waals surface area contributed by atoms with Gasteiger partial charge in [-0.3, -0.25) is 0 Å².